The topological polar surface area (TPSA) is 103 Å². The van der Waals surface area contributed by atoms with Crippen molar-refractivity contribution >= 4 is 17.7 Å². The molecule has 2 aliphatic rings. The molecule has 3 amide bonds. The molecule has 2 fully saturated rings. The predicted octanol–water partition coefficient (Wildman–Crippen LogP) is 11.3. The van der Waals surface area contributed by atoms with Crippen molar-refractivity contribution in [2.75, 3.05) is 39.8 Å². The monoisotopic (exact) mass is 882 g/mol. The van der Waals surface area contributed by atoms with Crippen LogP contribution in [0.1, 0.15) is 161 Å². The number of carbonyl (C=O) groups is 3. The Morgan fingerprint density at radius 3 is 1.97 bits per heavy atom. The molecule has 2 aliphatic heterocycles. The third-order valence-electron chi connectivity index (χ3n) is 9.42. The van der Waals surface area contributed by atoms with Crippen molar-refractivity contribution in [3.63, 3.8) is 0 Å². The van der Waals surface area contributed by atoms with Crippen LogP contribution in [0.4, 0.5) is 13.2 Å². The minimum Gasteiger partial charge on any atom is -0.460 e. The van der Waals surface area contributed by atoms with E-state index in [1.807, 2.05) is 50.6 Å². The number of rotatable bonds is 18. The maximum Gasteiger partial charge on any atom is 0.386 e. The van der Waals surface area contributed by atoms with Crippen LogP contribution < -0.4 is 16.1 Å². The van der Waals surface area contributed by atoms with E-state index in [2.05, 4.69) is 97.3 Å². The number of nitrogens with one attached hydrogen (secondary N) is 3. The SMILES string of the molecule is C=C/C(C)=C\CC(CCCC)C(=O)NCC(=O)NCC.CC.CC(F)(F)F.CCCC.CCC[C@@]1(CC)NO/C1=C\C=C(/C)C1CCN(C)C(=O)C1.[CH2-]N(CC)CC.[V]. The number of likely N-dealkylation sites (tertiary alicyclic amines) is 1. The van der Waals surface area contributed by atoms with Gasteiger partial charge in [0.25, 0.3) is 0 Å². The van der Waals surface area contributed by atoms with Gasteiger partial charge in [-0.2, -0.15) is 13.2 Å². The summed E-state index contributed by atoms with van der Waals surface area (Å²) < 4.78 is 31.1. The van der Waals surface area contributed by atoms with Gasteiger partial charge in [0.05, 0.1) is 6.54 Å². The van der Waals surface area contributed by atoms with Crippen molar-refractivity contribution in [3.05, 3.63) is 54.8 Å². The average molecular weight is 882 g/mol. The molecule has 3 atom stereocenters. The molecule has 0 spiro atoms. The molecule has 59 heavy (non-hydrogen) atoms. The van der Waals surface area contributed by atoms with E-state index in [1.165, 1.54) is 18.4 Å². The van der Waals surface area contributed by atoms with E-state index in [9.17, 15) is 27.6 Å². The van der Waals surface area contributed by atoms with E-state index in [0.29, 0.717) is 25.3 Å². The van der Waals surface area contributed by atoms with Crippen LogP contribution in [0.15, 0.2) is 47.8 Å². The van der Waals surface area contributed by atoms with E-state index in [4.69, 9.17) is 4.84 Å². The van der Waals surface area contributed by atoms with Gasteiger partial charge >= 0.3 is 6.18 Å². The Kier molecular flexibility index (Phi) is 45.4. The molecule has 0 bridgehead atoms. The summed E-state index contributed by atoms with van der Waals surface area (Å²) in [5, 5.41) is 5.38. The summed E-state index contributed by atoms with van der Waals surface area (Å²) in [6, 6.07) is 0. The molecule has 13 heteroatoms. The molecule has 0 aromatic heterocycles. The number of hydrogen-bond donors (Lipinski definition) is 3. The first-order valence-corrected chi connectivity index (χ1v) is 21.8. The van der Waals surface area contributed by atoms with Gasteiger partial charge in [-0.1, -0.05) is 130 Å². The Labute approximate surface area is 372 Å². The molecule has 0 aliphatic carbocycles. The van der Waals surface area contributed by atoms with Gasteiger partial charge < -0.3 is 25.3 Å². The number of likely N-dealkylation sites (N-methyl/N-ethyl adjacent to an activating group) is 1. The Bertz CT molecular complexity index is 1160. The molecule has 2 saturated heterocycles. The second-order valence-electron chi connectivity index (χ2n) is 14.3. The van der Waals surface area contributed by atoms with Gasteiger partial charge in [0.1, 0.15) is 11.3 Å². The zero-order valence-electron chi connectivity index (χ0n) is 39.8. The molecule has 2 rings (SSSR count). The van der Waals surface area contributed by atoms with Crippen LogP contribution in [0.3, 0.4) is 0 Å². The number of allylic oxidation sites excluding steroid dienone is 6. The normalized spacial score (nSPS) is 18.4. The molecule has 0 aromatic rings. The van der Waals surface area contributed by atoms with Crippen molar-refractivity contribution in [1.29, 1.82) is 0 Å². The van der Waals surface area contributed by atoms with Crippen LogP contribution in [0.2, 0.25) is 0 Å². The summed E-state index contributed by atoms with van der Waals surface area (Å²) >= 11 is 0. The Hall–Kier alpha value is -2.54. The largest absolute Gasteiger partial charge is 0.460 e. The fraction of sp³-hybridized carbons (Fsp3) is 0.739. The zero-order valence-corrected chi connectivity index (χ0v) is 41.2. The van der Waals surface area contributed by atoms with Crippen LogP contribution >= 0.6 is 0 Å². The first-order valence-electron chi connectivity index (χ1n) is 21.8. The van der Waals surface area contributed by atoms with Gasteiger partial charge in [-0.25, -0.2) is 0 Å². The minimum atomic E-state index is -4.00. The van der Waals surface area contributed by atoms with Gasteiger partial charge in [-0.05, 0) is 78.0 Å². The molecular formula is C46H87F3N5O4V-. The van der Waals surface area contributed by atoms with Gasteiger partial charge in [-0.15, -0.1) is 5.48 Å². The number of amides is 3. The van der Waals surface area contributed by atoms with Crippen LogP contribution in [-0.2, 0) is 37.8 Å². The van der Waals surface area contributed by atoms with Crippen LogP contribution in [0.25, 0.3) is 0 Å². The maximum atomic E-state index is 12.1. The molecule has 0 saturated carbocycles. The quantitative estimate of drug-likeness (QED) is 0.0936. The summed E-state index contributed by atoms with van der Waals surface area (Å²) in [5.41, 5.74) is 5.49. The average Bonchev–Trinajstić information content (AvgIpc) is 3.19. The molecule has 2 unspecified atom stereocenters. The number of carbonyl (C=O) groups excluding carboxylic acids is 3. The fourth-order valence-corrected chi connectivity index (χ4v) is 5.16. The summed E-state index contributed by atoms with van der Waals surface area (Å²) in [5.74, 6) is 1.40. The number of piperidine rings is 1. The second-order valence-corrected chi connectivity index (χ2v) is 14.3. The van der Waals surface area contributed by atoms with Gasteiger partial charge in [0.15, 0.2) is 0 Å². The minimum absolute atomic E-state index is 0. The molecule has 0 aromatic carbocycles. The Morgan fingerprint density at radius 2 is 1.59 bits per heavy atom. The van der Waals surface area contributed by atoms with Crippen LogP contribution in [0.5, 0.6) is 0 Å². The molecule has 3 N–H and O–H groups in total. The summed E-state index contributed by atoms with van der Waals surface area (Å²) in [7, 11) is 5.59. The second kappa shape index (κ2) is 40.8. The Morgan fingerprint density at radius 1 is 1.03 bits per heavy atom. The third-order valence-corrected chi connectivity index (χ3v) is 9.42. The Balaban J connectivity index is -0.000000235. The molecular weight excluding hydrogens is 794 g/mol. The van der Waals surface area contributed by atoms with Crippen molar-refractivity contribution in [3.8, 4) is 0 Å². The number of hydroxylamine groups is 1. The molecule has 2 heterocycles. The first-order chi connectivity index (χ1) is 27.3. The maximum absolute atomic E-state index is 12.1. The van der Waals surface area contributed by atoms with E-state index < -0.39 is 6.18 Å². The number of unbranched alkanes of at least 4 members (excludes halogenated alkanes) is 2. The number of alkyl halides is 3. The number of halogens is 3. The zero-order chi connectivity index (χ0) is 45.7. The molecule has 347 valence electrons. The van der Waals surface area contributed by atoms with Crippen molar-refractivity contribution < 1.29 is 50.9 Å². The summed E-state index contributed by atoms with van der Waals surface area (Å²) in [6.07, 6.45) is 15.2. The van der Waals surface area contributed by atoms with E-state index in [0.717, 1.165) is 75.9 Å². The van der Waals surface area contributed by atoms with E-state index in [1.54, 1.807) is 6.08 Å². The smallest absolute Gasteiger partial charge is 0.386 e. The molecule has 9 nitrogen and oxygen atoms in total. The van der Waals surface area contributed by atoms with E-state index >= 15 is 0 Å². The van der Waals surface area contributed by atoms with E-state index in [-0.39, 0.29) is 61.2 Å². The third kappa shape index (κ3) is 35.9. The van der Waals surface area contributed by atoms with Gasteiger partial charge in [-0.3, -0.25) is 21.4 Å². The standard InChI is InChI=1S/C17H28N2O2.C16H28N2O2.C5H12N.C4H10.C2H3F3.C2H6.V/c1-5-10-17(6-2)15(21-18-17)8-7-13(3)14-9-11-19(4)16(20)12-14;1-5-8-9-14(11-10-13(4)6-2)16(20)18-12-15(19)17-7-3;1-4-6(3)5-2;1-3-4-2;1-2(3,4)5;1-2;/h7-8,14,18H,5-6,9-12H2,1-4H3;6,10,14H,2,5,7-9,11-12H2,1,3-4H3,(H,17,19)(H,18,20);3-5H2,1-2H3;3-4H2,1-2H3;1H3;1-2H3;/q;;-1;;;;/b13-7+,15-8-;13-10-;;;;;/t14?,17-;;;;;;/m1....../s1. The van der Waals surface area contributed by atoms with Gasteiger partial charge in [0.2, 0.25) is 17.7 Å². The molecule has 1 radical (unpaired) electrons. The van der Waals surface area contributed by atoms with Crippen LogP contribution in [0, 0.1) is 18.9 Å². The first kappa shape index (κ1) is 65.6. The number of hydrogen-bond acceptors (Lipinski definition) is 6. The predicted molar refractivity (Wildman–Crippen MR) is 240 cm³/mol. The van der Waals surface area contributed by atoms with Crippen molar-refractivity contribution in [2.24, 2.45) is 11.8 Å². The number of nitrogens with zero attached hydrogens (tertiary/aromatic N) is 2. The fourth-order valence-electron chi connectivity index (χ4n) is 5.16. The van der Waals surface area contributed by atoms with Crippen LogP contribution in [-0.4, -0.2) is 79.0 Å². The summed E-state index contributed by atoms with van der Waals surface area (Å²) in [4.78, 5) is 44.5. The summed E-state index contributed by atoms with van der Waals surface area (Å²) in [6.45, 7) is 32.5. The van der Waals surface area contributed by atoms with Crippen molar-refractivity contribution in [1.82, 2.24) is 25.9 Å². The van der Waals surface area contributed by atoms with Crippen molar-refractivity contribution in [2.45, 2.75) is 172 Å². The van der Waals surface area contributed by atoms with Gasteiger partial charge in [0, 0.05) is 58.0 Å².